The minimum absolute atomic E-state index is 0.209. The second kappa shape index (κ2) is 12.4. The molecule has 0 amide bonds. The van der Waals surface area contributed by atoms with Gasteiger partial charge in [0.2, 0.25) is 0 Å². The topological polar surface area (TPSA) is 52.6 Å². The SMILES string of the molecule is C=C(C)C(=O)OC1(CCCCc2ccc3c4c(cccc24)-c2ccccc2C3(OC(=O)C(=C)C)C2CC2)c2ccccc2-c2cccc3cccc1c23. The van der Waals surface area contributed by atoms with Gasteiger partial charge in [-0.3, -0.25) is 0 Å². The molecular formula is C49H42O4. The molecule has 0 aliphatic heterocycles. The standard InChI is InChI=1S/C49H42O4/c1-30(2)46(50)52-48(40-22-7-5-17-36(40)38-20-11-15-33-16-12-24-42(48)44(33)38)29-10-9-14-32-25-28-43-45-35(32)19-13-21-39(45)37-18-6-8-23-41(37)49(43,34-26-27-34)53-47(51)31(3)4/h5-8,11-13,15-25,28,34H,1,3,9-10,14,26-27,29H2,2,4H3. The number of aryl methyl sites for hydroxylation is 1. The van der Waals surface area contributed by atoms with Crippen molar-refractivity contribution in [3.05, 3.63) is 167 Å². The largest absolute Gasteiger partial charge is 0.446 e. The molecule has 1 saturated carbocycles. The third kappa shape index (κ3) is 5.03. The van der Waals surface area contributed by atoms with Gasteiger partial charge in [0.15, 0.2) is 11.2 Å². The fourth-order valence-electron chi connectivity index (χ4n) is 9.24. The molecule has 4 heteroatoms. The summed E-state index contributed by atoms with van der Waals surface area (Å²) < 4.78 is 13.2. The van der Waals surface area contributed by atoms with Crippen molar-refractivity contribution in [2.45, 2.75) is 63.6 Å². The van der Waals surface area contributed by atoms with E-state index in [1.165, 1.54) is 21.9 Å². The van der Waals surface area contributed by atoms with Gasteiger partial charge in [0.1, 0.15) is 0 Å². The molecular weight excluding hydrogens is 653 g/mol. The normalized spacial score (nSPS) is 19.3. The number of fused-ring (bicyclic) bond motifs is 4. The first-order valence-electron chi connectivity index (χ1n) is 18.8. The first kappa shape index (κ1) is 33.1. The lowest BCUT2D eigenvalue weighted by Crippen LogP contribution is -2.38. The predicted molar refractivity (Wildman–Crippen MR) is 212 cm³/mol. The lowest BCUT2D eigenvalue weighted by molar-refractivity contribution is -0.154. The maximum absolute atomic E-state index is 13.5. The molecule has 9 rings (SSSR count). The van der Waals surface area contributed by atoms with Gasteiger partial charge >= 0.3 is 11.9 Å². The van der Waals surface area contributed by atoms with Crippen molar-refractivity contribution in [1.29, 1.82) is 0 Å². The number of carbonyl (C=O) groups excluding carboxylic acids is 2. The maximum atomic E-state index is 13.5. The van der Waals surface area contributed by atoms with Crippen LogP contribution < -0.4 is 0 Å². The molecule has 2 unspecified atom stereocenters. The first-order valence-corrected chi connectivity index (χ1v) is 18.8. The number of rotatable bonds is 10. The van der Waals surface area contributed by atoms with Gasteiger partial charge in [0.05, 0.1) is 0 Å². The molecule has 3 aliphatic rings. The molecule has 0 bridgehead atoms. The Hall–Kier alpha value is -5.74. The zero-order valence-corrected chi connectivity index (χ0v) is 30.3. The highest BCUT2D eigenvalue weighted by Gasteiger charge is 2.55. The van der Waals surface area contributed by atoms with E-state index in [1.807, 2.05) is 12.1 Å². The van der Waals surface area contributed by atoms with Crippen molar-refractivity contribution in [3.63, 3.8) is 0 Å². The van der Waals surface area contributed by atoms with Crippen LogP contribution in [0, 0.1) is 5.92 Å². The average molecular weight is 695 g/mol. The third-order valence-corrected chi connectivity index (χ3v) is 11.7. The van der Waals surface area contributed by atoms with Gasteiger partial charge in [0.25, 0.3) is 0 Å². The number of hydrogen-bond acceptors (Lipinski definition) is 4. The zero-order valence-electron chi connectivity index (χ0n) is 30.3. The van der Waals surface area contributed by atoms with Crippen LogP contribution in [0.1, 0.15) is 73.8 Å². The van der Waals surface area contributed by atoms with Gasteiger partial charge in [0, 0.05) is 39.3 Å². The van der Waals surface area contributed by atoms with Crippen LogP contribution in [-0.2, 0) is 36.7 Å². The summed E-state index contributed by atoms with van der Waals surface area (Å²) in [6, 6.07) is 40.5. The Balaban J connectivity index is 1.10. The number of ether oxygens (including phenoxy) is 2. The van der Waals surface area contributed by atoms with E-state index >= 15 is 0 Å². The van der Waals surface area contributed by atoms with Crippen molar-refractivity contribution < 1.29 is 19.1 Å². The first-order chi connectivity index (χ1) is 25.7. The summed E-state index contributed by atoms with van der Waals surface area (Å²) in [4.78, 5) is 26.8. The van der Waals surface area contributed by atoms with Crippen molar-refractivity contribution in [2.24, 2.45) is 5.92 Å². The number of esters is 2. The predicted octanol–water partition coefficient (Wildman–Crippen LogP) is 11.5. The zero-order chi connectivity index (χ0) is 36.5. The minimum Gasteiger partial charge on any atom is -0.446 e. The van der Waals surface area contributed by atoms with Crippen LogP contribution in [0.15, 0.2) is 140 Å². The van der Waals surface area contributed by atoms with Crippen LogP contribution in [0.2, 0.25) is 0 Å². The molecule has 6 aromatic rings. The van der Waals surface area contributed by atoms with Crippen LogP contribution in [0.3, 0.4) is 0 Å². The summed E-state index contributed by atoms with van der Waals surface area (Å²) in [6.07, 6.45) is 5.19. The molecule has 0 aromatic heterocycles. The van der Waals surface area contributed by atoms with Gasteiger partial charge in [-0.1, -0.05) is 128 Å². The van der Waals surface area contributed by atoms with Crippen LogP contribution in [-0.4, -0.2) is 11.9 Å². The number of unbranched alkanes of at least 4 members (excludes halogenated alkanes) is 1. The molecule has 262 valence electrons. The lowest BCUT2D eigenvalue weighted by Gasteiger charge is -2.41. The Labute approximate surface area is 310 Å². The summed E-state index contributed by atoms with van der Waals surface area (Å²) in [5.74, 6) is -0.529. The van der Waals surface area contributed by atoms with Gasteiger partial charge in [-0.2, -0.15) is 0 Å². The molecule has 0 saturated heterocycles. The van der Waals surface area contributed by atoms with Gasteiger partial charge in [-0.05, 0) is 102 Å². The Morgan fingerprint density at radius 3 is 1.91 bits per heavy atom. The van der Waals surface area contributed by atoms with Crippen LogP contribution in [0.4, 0.5) is 0 Å². The van der Waals surface area contributed by atoms with Crippen molar-refractivity contribution in [3.8, 4) is 22.3 Å². The quantitative estimate of drug-likeness (QED) is 0.0814. The van der Waals surface area contributed by atoms with Gasteiger partial charge in [-0.25, -0.2) is 9.59 Å². The van der Waals surface area contributed by atoms with E-state index < -0.39 is 11.2 Å². The second-order valence-corrected chi connectivity index (χ2v) is 15.2. The number of hydrogen-bond donors (Lipinski definition) is 0. The summed E-state index contributed by atoms with van der Waals surface area (Å²) in [5.41, 5.74) is 8.96. The number of carbonyl (C=O) groups is 2. The van der Waals surface area contributed by atoms with E-state index in [9.17, 15) is 9.59 Å². The van der Waals surface area contributed by atoms with Gasteiger partial charge < -0.3 is 9.47 Å². The fraction of sp³-hybridized carbons (Fsp3) is 0.224. The van der Waals surface area contributed by atoms with E-state index in [0.717, 1.165) is 81.8 Å². The highest BCUT2D eigenvalue weighted by Crippen LogP contribution is 2.60. The molecule has 6 aromatic carbocycles. The Bertz CT molecular complexity index is 2530. The highest BCUT2D eigenvalue weighted by molar-refractivity contribution is 6.06. The molecule has 1 fully saturated rings. The van der Waals surface area contributed by atoms with E-state index in [-0.39, 0.29) is 17.9 Å². The second-order valence-electron chi connectivity index (χ2n) is 15.2. The summed E-state index contributed by atoms with van der Waals surface area (Å²) in [6.45, 7) is 11.3. The summed E-state index contributed by atoms with van der Waals surface area (Å²) in [5, 5.41) is 4.63. The molecule has 0 radical (unpaired) electrons. The molecule has 0 N–H and O–H groups in total. The van der Waals surface area contributed by atoms with Crippen LogP contribution in [0.5, 0.6) is 0 Å². The molecule has 3 aliphatic carbocycles. The van der Waals surface area contributed by atoms with Crippen LogP contribution in [0.25, 0.3) is 43.8 Å². The van der Waals surface area contributed by atoms with Gasteiger partial charge in [-0.15, -0.1) is 0 Å². The fourth-order valence-corrected chi connectivity index (χ4v) is 9.24. The van der Waals surface area contributed by atoms with E-state index in [2.05, 4.69) is 116 Å². The number of benzene rings is 6. The van der Waals surface area contributed by atoms with Crippen molar-refractivity contribution in [1.82, 2.24) is 0 Å². The third-order valence-electron chi connectivity index (χ3n) is 11.7. The average Bonchev–Trinajstić information content (AvgIpc) is 4.03. The molecule has 4 nitrogen and oxygen atoms in total. The molecule has 53 heavy (non-hydrogen) atoms. The van der Waals surface area contributed by atoms with Crippen molar-refractivity contribution >= 4 is 33.5 Å². The molecule has 2 atom stereocenters. The minimum atomic E-state index is -0.957. The smallest absolute Gasteiger partial charge is 0.334 e. The lowest BCUT2D eigenvalue weighted by atomic mass is 9.70. The maximum Gasteiger partial charge on any atom is 0.334 e. The summed E-state index contributed by atoms with van der Waals surface area (Å²) in [7, 11) is 0. The van der Waals surface area contributed by atoms with E-state index in [4.69, 9.17) is 9.47 Å². The Morgan fingerprint density at radius 1 is 0.604 bits per heavy atom. The monoisotopic (exact) mass is 694 g/mol. The Kier molecular flexibility index (Phi) is 7.78. The van der Waals surface area contributed by atoms with Crippen LogP contribution >= 0.6 is 0 Å². The Morgan fingerprint density at radius 2 is 1.19 bits per heavy atom. The highest BCUT2D eigenvalue weighted by atomic mass is 16.6. The molecule has 0 spiro atoms. The van der Waals surface area contributed by atoms with E-state index in [0.29, 0.717) is 17.6 Å². The molecule has 0 heterocycles. The van der Waals surface area contributed by atoms with E-state index in [1.54, 1.807) is 13.8 Å². The van der Waals surface area contributed by atoms with Crippen molar-refractivity contribution in [2.75, 3.05) is 0 Å². The summed E-state index contributed by atoms with van der Waals surface area (Å²) >= 11 is 0.